The average Bonchev–Trinajstić information content (AvgIpc) is 2.81. The second kappa shape index (κ2) is 6.08. The van der Waals surface area contributed by atoms with E-state index in [-0.39, 0.29) is 22.4 Å². The van der Waals surface area contributed by atoms with E-state index in [1.165, 1.54) is 12.3 Å². The largest absolute Gasteiger partial charge is 0.253 e. The second-order valence-electron chi connectivity index (χ2n) is 6.62. The average molecular weight is 366 g/mol. The summed E-state index contributed by atoms with van der Waals surface area (Å²) in [6.07, 6.45) is 2.38. The van der Waals surface area contributed by atoms with Crippen molar-refractivity contribution < 1.29 is 4.39 Å². The molecule has 3 rings (SSSR count). The van der Waals surface area contributed by atoms with Crippen LogP contribution in [0.25, 0.3) is 11.3 Å². The first-order valence-corrected chi connectivity index (χ1v) is 8.62. The van der Waals surface area contributed by atoms with Crippen LogP contribution in [-0.2, 0) is 5.41 Å². The molecule has 0 saturated heterocycles. The zero-order valence-electron chi connectivity index (χ0n) is 14.0. The molecule has 0 N–H and O–H groups in total. The van der Waals surface area contributed by atoms with E-state index in [9.17, 15) is 4.39 Å². The van der Waals surface area contributed by atoms with Crippen molar-refractivity contribution in [2.45, 2.75) is 39.5 Å². The summed E-state index contributed by atoms with van der Waals surface area (Å²) in [5, 5.41) is 0.406. The highest BCUT2D eigenvalue weighted by Gasteiger charge is 2.38. The number of aliphatic imine (C=N–C) groups is 1. The molecule has 0 fully saturated rings. The Morgan fingerprint density at radius 1 is 1.25 bits per heavy atom. The van der Waals surface area contributed by atoms with Crippen molar-refractivity contribution in [3.63, 3.8) is 0 Å². The quantitative estimate of drug-likeness (QED) is 0.625. The molecule has 1 atom stereocenters. The normalized spacial score (nSPS) is 16.7. The van der Waals surface area contributed by atoms with Gasteiger partial charge in [0.05, 0.1) is 16.9 Å². The lowest BCUT2D eigenvalue weighted by Crippen LogP contribution is -2.30. The van der Waals surface area contributed by atoms with Crippen LogP contribution in [0.15, 0.2) is 23.3 Å². The third-order valence-electron chi connectivity index (χ3n) is 4.68. The lowest BCUT2D eigenvalue weighted by atomic mass is 9.76. The topological polar surface area (TPSA) is 38.1 Å². The molecule has 0 amide bonds. The Kier molecular flexibility index (Phi) is 4.39. The lowest BCUT2D eigenvalue weighted by molar-refractivity contribution is 0.622. The van der Waals surface area contributed by atoms with Gasteiger partial charge >= 0.3 is 0 Å². The van der Waals surface area contributed by atoms with Gasteiger partial charge in [0.2, 0.25) is 5.28 Å². The van der Waals surface area contributed by atoms with Crippen molar-refractivity contribution in [3.05, 3.63) is 40.0 Å². The number of hydrogen-bond acceptors (Lipinski definition) is 3. The van der Waals surface area contributed by atoms with Gasteiger partial charge in [0.1, 0.15) is 11.5 Å². The minimum absolute atomic E-state index is 0.0751. The van der Waals surface area contributed by atoms with Crippen LogP contribution in [0, 0.1) is 11.7 Å². The maximum Gasteiger partial charge on any atom is 0.222 e. The first-order chi connectivity index (χ1) is 11.3. The molecule has 2 aromatic rings. The standard InChI is InChI=1S/C18H18Cl2FN3/c1-5-9(2)16-18(3,4)11-6-10(7-13(21)15(11)23-16)14-12(19)8-22-17(20)24-14/h6-9H,5H2,1-4H3/t9-/m1/s1. The van der Waals surface area contributed by atoms with Gasteiger partial charge in [0.25, 0.3) is 0 Å². The zero-order valence-corrected chi connectivity index (χ0v) is 15.5. The molecule has 1 aliphatic rings. The highest BCUT2D eigenvalue weighted by atomic mass is 35.5. The summed E-state index contributed by atoms with van der Waals surface area (Å²) in [7, 11) is 0. The monoisotopic (exact) mass is 365 g/mol. The van der Waals surface area contributed by atoms with E-state index in [1.807, 2.05) is 6.07 Å². The fraction of sp³-hybridized carbons (Fsp3) is 0.389. The fourth-order valence-corrected chi connectivity index (χ4v) is 3.53. The number of rotatable bonds is 3. The summed E-state index contributed by atoms with van der Waals surface area (Å²) in [6.45, 7) is 8.37. The van der Waals surface area contributed by atoms with Crippen molar-refractivity contribution in [1.82, 2.24) is 9.97 Å². The first kappa shape index (κ1) is 17.3. The summed E-state index contributed by atoms with van der Waals surface area (Å²) in [5.74, 6) is -0.0907. The molecule has 2 heterocycles. The van der Waals surface area contributed by atoms with Crippen LogP contribution in [0.5, 0.6) is 0 Å². The molecule has 1 aromatic heterocycles. The first-order valence-electron chi connectivity index (χ1n) is 7.87. The summed E-state index contributed by atoms with van der Waals surface area (Å²) in [5.41, 5.74) is 2.92. The summed E-state index contributed by atoms with van der Waals surface area (Å²) >= 11 is 12.0. The van der Waals surface area contributed by atoms with Gasteiger partial charge in [-0.25, -0.2) is 14.4 Å². The van der Waals surface area contributed by atoms with Gasteiger partial charge in [-0.1, -0.05) is 39.3 Å². The number of hydrogen-bond donors (Lipinski definition) is 0. The van der Waals surface area contributed by atoms with E-state index in [2.05, 4.69) is 42.7 Å². The van der Waals surface area contributed by atoms with Gasteiger partial charge < -0.3 is 0 Å². The number of fused-ring (bicyclic) bond motifs is 1. The van der Waals surface area contributed by atoms with Crippen LogP contribution in [0.4, 0.5) is 10.1 Å². The van der Waals surface area contributed by atoms with E-state index in [0.29, 0.717) is 22.0 Å². The maximum absolute atomic E-state index is 14.7. The van der Waals surface area contributed by atoms with Gasteiger partial charge in [-0.15, -0.1) is 0 Å². The smallest absolute Gasteiger partial charge is 0.222 e. The van der Waals surface area contributed by atoms with Gasteiger partial charge in [-0.2, -0.15) is 0 Å². The Morgan fingerprint density at radius 2 is 1.96 bits per heavy atom. The van der Waals surface area contributed by atoms with Crippen molar-refractivity contribution in [3.8, 4) is 11.3 Å². The molecular weight excluding hydrogens is 348 g/mol. The number of benzene rings is 1. The van der Waals surface area contributed by atoms with Crippen LogP contribution >= 0.6 is 23.2 Å². The van der Waals surface area contributed by atoms with E-state index in [1.54, 1.807) is 0 Å². The minimum atomic E-state index is -0.375. The maximum atomic E-state index is 14.7. The summed E-state index contributed by atoms with van der Waals surface area (Å²) in [6, 6.07) is 3.31. The molecule has 1 aromatic carbocycles. The molecular formula is C18H18Cl2FN3. The van der Waals surface area contributed by atoms with Crippen molar-refractivity contribution >= 4 is 34.6 Å². The number of halogens is 3. The molecule has 126 valence electrons. The van der Waals surface area contributed by atoms with Crippen molar-refractivity contribution in [2.75, 3.05) is 0 Å². The van der Waals surface area contributed by atoms with Crippen LogP contribution < -0.4 is 0 Å². The van der Waals surface area contributed by atoms with E-state index in [0.717, 1.165) is 17.7 Å². The minimum Gasteiger partial charge on any atom is -0.253 e. The molecule has 0 aliphatic carbocycles. The van der Waals surface area contributed by atoms with E-state index in [4.69, 9.17) is 23.2 Å². The van der Waals surface area contributed by atoms with Crippen LogP contribution in [0.1, 0.15) is 39.7 Å². The van der Waals surface area contributed by atoms with Gasteiger partial charge in [-0.3, -0.25) is 4.99 Å². The summed E-state index contributed by atoms with van der Waals surface area (Å²) < 4.78 is 14.7. The van der Waals surface area contributed by atoms with Crippen molar-refractivity contribution in [1.29, 1.82) is 0 Å². The van der Waals surface area contributed by atoms with Crippen LogP contribution in [0.3, 0.4) is 0 Å². The molecule has 0 saturated carbocycles. The summed E-state index contributed by atoms with van der Waals surface area (Å²) in [4.78, 5) is 12.6. The SMILES string of the molecule is CC[C@@H](C)C1=Nc2c(F)cc(-c3nc(Cl)ncc3Cl)cc2C1(C)C. The lowest BCUT2D eigenvalue weighted by Gasteiger charge is -2.26. The molecule has 24 heavy (non-hydrogen) atoms. The molecule has 0 spiro atoms. The zero-order chi connectivity index (χ0) is 17.6. The van der Waals surface area contributed by atoms with Crippen LogP contribution in [-0.4, -0.2) is 15.7 Å². The highest BCUT2D eigenvalue weighted by Crippen LogP contribution is 2.46. The van der Waals surface area contributed by atoms with Gasteiger partial charge in [0.15, 0.2) is 0 Å². The Bertz CT molecular complexity index is 846. The predicted octanol–water partition coefficient (Wildman–Crippen LogP) is 6.00. The highest BCUT2D eigenvalue weighted by molar-refractivity contribution is 6.33. The fourth-order valence-electron chi connectivity index (χ4n) is 3.19. The van der Waals surface area contributed by atoms with Crippen LogP contribution in [0.2, 0.25) is 10.3 Å². The molecule has 0 unspecified atom stereocenters. The van der Waals surface area contributed by atoms with E-state index >= 15 is 0 Å². The molecule has 0 radical (unpaired) electrons. The van der Waals surface area contributed by atoms with Crippen molar-refractivity contribution in [2.24, 2.45) is 10.9 Å². The number of nitrogens with zero attached hydrogens (tertiary/aromatic N) is 3. The predicted molar refractivity (Wildman–Crippen MR) is 97.0 cm³/mol. The Morgan fingerprint density at radius 3 is 2.62 bits per heavy atom. The number of aromatic nitrogens is 2. The molecule has 6 heteroatoms. The molecule has 1 aliphatic heterocycles. The molecule has 3 nitrogen and oxygen atoms in total. The Labute approximate surface area is 151 Å². The van der Waals surface area contributed by atoms with Gasteiger partial charge in [-0.05, 0) is 41.6 Å². The molecule has 0 bridgehead atoms. The van der Waals surface area contributed by atoms with Gasteiger partial charge in [0, 0.05) is 16.7 Å². The second-order valence-corrected chi connectivity index (χ2v) is 7.37. The Hall–Kier alpha value is -1.52. The Balaban J connectivity index is 2.17. The third kappa shape index (κ3) is 2.72. The third-order valence-corrected chi connectivity index (χ3v) is 5.14. The van der Waals surface area contributed by atoms with E-state index < -0.39 is 0 Å².